The number of quaternary nitrogens is 1. The molecule has 0 aliphatic rings. The van der Waals surface area contributed by atoms with Crippen LogP contribution in [0.15, 0.2) is 48.6 Å². The fourth-order valence-corrected chi connectivity index (χ4v) is 6.95. The van der Waals surface area contributed by atoms with E-state index in [1.54, 1.807) is 0 Å². The van der Waals surface area contributed by atoms with Crippen LogP contribution in [0.25, 0.3) is 0 Å². The van der Waals surface area contributed by atoms with Crippen molar-refractivity contribution in [3.63, 3.8) is 0 Å². The van der Waals surface area contributed by atoms with E-state index in [0.717, 1.165) is 77.0 Å². The molecule has 0 rings (SSSR count). The molecule has 1 unspecified atom stereocenters. The van der Waals surface area contributed by atoms with Gasteiger partial charge in [0.05, 0.1) is 33.9 Å². The van der Waals surface area contributed by atoms with Crippen LogP contribution in [0.4, 0.5) is 0 Å². The first-order valence-electron chi connectivity index (χ1n) is 23.5. The topological polar surface area (TPSA) is 131 Å². The van der Waals surface area contributed by atoms with Crippen molar-refractivity contribution in [2.45, 2.75) is 199 Å². The zero-order valence-corrected chi connectivity index (χ0v) is 39.2. The molecule has 0 aliphatic carbocycles. The second-order valence-corrected chi connectivity index (χ2v) is 18.4. The van der Waals surface area contributed by atoms with Crippen LogP contribution in [-0.2, 0) is 32.7 Å². The molecule has 3 atom stereocenters. The highest BCUT2D eigenvalue weighted by molar-refractivity contribution is 7.45. The summed E-state index contributed by atoms with van der Waals surface area (Å²) in [5, 5.41) is 9.90. The maximum absolute atomic E-state index is 12.7. The number of phosphoric ester groups is 1. The molecule has 0 saturated heterocycles. The Labute approximate surface area is 361 Å². The third-order valence-corrected chi connectivity index (χ3v) is 10.9. The number of rotatable bonds is 42. The number of aliphatic hydroxyl groups is 1. The monoisotopic (exact) mass is 854 g/mol. The maximum Gasteiger partial charge on any atom is 0.306 e. The number of esters is 2. The molecule has 0 radical (unpaired) electrons. The van der Waals surface area contributed by atoms with E-state index in [-0.39, 0.29) is 32.2 Å². The molecule has 0 fully saturated rings. The van der Waals surface area contributed by atoms with Gasteiger partial charge in [-0.3, -0.25) is 14.2 Å². The van der Waals surface area contributed by atoms with Gasteiger partial charge in [0.1, 0.15) is 19.8 Å². The Morgan fingerprint density at radius 1 is 0.627 bits per heavy atom. The summed E-state index contributed by atoms with van der Waals surface area (Å²) in [4.78, 5) is 37.6. The van der Waals surface area contributed by atoms with Crippen molar-refractivity contribution in [3.8, 4) is 0 Å². The summed E-state index contributed by atoms with van der Waals surface area (Å²) in [7, 11) is 1.12. The Kier molecular flexibility index (Phi) is 38.6. The molecule has 0 bridgehead atoms. The van der Waals surface area contributed by atoms with Crippen LogP contribution in [0.3, 0.4) is 0 Å². The number of unbranched alkanes of at least 4 members (excludes halogenated alkanes) is 19. The second-order valence-electron chi connectivity index (χ2n) is 17.0. The lowest BCUT2D eigenvalue weighted by Gasteiger charge is -2.28. The summed E-state index contributed by atoms with van der Waals surface area (Å²) in [6.07, 6.45) is 43.1. The van der Waals surface area contributed by atoms with Gasteiger partial charge >= 0.3 is 11.9 Å². The van der Waals surface area contributed by atoms with Gasteiger partial charge in [-0.1, -0.05) is 178 Å². The minimum atomic E-state index is -4.64. The van der Waals surface area contributed by atoms with Crippen molar-refractivity contribution >= 4 is 19.8 Å². The first-order chi connectivity index (χ1) is 28.4. The summed E-state index contributed by atoms with van der Waals surface area (Å²) < 4.78 is 33.9. The van der Waals surface area contributed by atoms with Crippen LogP contribution < -0.4 is 4.89 Å². The largest absolute Gasteiger partial charge is 0.756 e. The van der Waals surface area contributed by atoms with E-state index in [4.69, 9.17) is 18.5 Å². The lowest BCUT2D eigenvalue weighted by atomic mass is 10.0. The molecule has 344 valence electrons. The molecular weight excluding hydrogens is 765 g/mol. The zero-order valence-electron chi connectivity index (χ0n) is 38.3. The average molecular weight is 854 g/mol. The van der Waals surface area contributed by atoms with Gasteiger partial charge in [0.15, 0.2) is 6.10 Å². The molecule has 10 nitrogen and oxygen atoms in total. The standard InChI is InChI=1S/C48H88NO9P/c1-6-8-10-11-12-13-14-15-16-19-22-25-28-31-35-39-47(51)55-43-46(44-57-59(53,54)56-42-41-49(3,4)5)58-48(52)40-36-32-29-26-23-20-17-18-21-24-27-30-34-38-45(50)37-33-9-7-2/h18,20-21,23,27,30,34,38,45-46,50H,6-17,19,22,24-26,28-29,31-33,35-37,39-44H2,1-5H3/b21-18-,23-20-,30-27-,38-34+/t45-,46+/m0/s1. The predicted molar refractivity (Wildman–Crippen MR) is 242 cm³/mol. The summed E-state index contributed by atoms with van der Waals surface area (Å²) in [5.41, 5.74) is 0. The third kappa shape index (κ3) is 43.8. The molecule has 0 aliphatic heterocycles. The third-order valence-electron chi connectivity index (χ3n) is 9.96. The minimum absolute atomic E-state index is 0.0447. The summed E-state index contributed by atoms with van der Waals surface area (Å²) in [5.74, 6) is -0.888. The van der Waals surface area contributed by atoms with Crippen LogP contribution >= 0.6 is 7.82 Å². The van der Waals surface area contributed by atoms with Crippen molar-refractivity contribution in [1.29, 1.82) is 0 Å². The van der Waals surface area contributed by atoms with Gasteiger partial charge in [0, 0.05) is 12.8 Å². The highest BCUT2D eigenvalue weighted by Gasteiger charge is 2.21. The predicted octanol–water partition coefficient (Wildman–Crippen LogP) is 11.8. The first kappa shape index (κ1) is 56.9. The molecule has 59 heavy (non-hydrogen) atoms. The van der Waals surface area contributed by atoms with Crippen molar-refractivity contribution < 1.29 is 47.2 Å². The van der Waals surface area contributed by atoms with E-state index in [0.29, 0.717) is 17.4 Å². The van der Waals surface area contributed by atoms with Gasteiger partial charge in [-0.15, -0.1) is 0 Å². The van der Waals surface area contributed by atoms with Crippen LogP contribution in [0.1, 0.15) is 187 Å². The Bertz CT molecular complexity index is 1160. The van der Waals surface area contributed by atoms with Crippen LogP contribution in [0.2, 0.25) is 0 Å². The number of carbonyl (C=O) groups excluding carboxylic acids is 2. The molecule has 0 aromatic carbocycles. The van der Waals surface area contributed by atoms with E-state index in [1.165, 1.54) is 77.0 Å². The van der Waals surface area contributed by atoms with E-state index in [1.807, 2.05) is 39.4 Å². The number of likely N-dealkylation sites (N-methyl/N-ethyl adjacent to an activating group) is 1. The highest BCUT2D eigenvalue weighted by atomic mass is 31.2. The Morgan fingerprint density at radius 2 is 1.14 bits per heavy atom. The number of allylic oxidation sites excluding steroid dienone is 7. The Morgan fingerprint density at radius 3 is 1.73 bits per heavy atom. The van der Waals surface area contributed by atoms with Gasteiger partial charge in [0.2, 0.25) is 0 Å². The molecule has 0 amide bonds. The zero-order chi connectivity index (χ0) is 43.7. The van der Waals surface area contributed by atoms with E-state index < -0.39 is 32.5 Å². The van der Waals surface area contributed by atoms with E-state index >= 15 is 0 Å². The van der Waals surface area contributed by atoms with E-state index in [9.17, 15) is 24.2 Å². The fraction of sp³-hybridized carbons (Fsp3) is 0.792. The van der Waals surface area contributed by atoms with Gasteiger partial charge in [-0.05, 0) is 44.9 Å². The number of carbonyl (C=O) groups is 2. The second kappa shape index (κ2) is 40.0. The molecule has 1 N–H and O–H groups in total. The summed E-state index contributed by atoms with van der Waals surface area (Å²) in [6, 6.07) is 0. The number of hydrogen-bond acceptors (Lipinski definition) is 9. The number of hydrogen-bond donors (Lipinski definition) is 1. The molecule has 0 aromatic heterocycles. The smallest absolute Gasteiger partial charge is 0.306 e. The highest BCUT2D eigenvalue weighted by Crippen LogP contribution is 2.38. The fourth-order valence-electron chi connectivity index (χ4n) is 6.22. The molecule has 0 aromatic rings. The van der Waals surface area contributed by atoms with Crippen molar-refractivity contribution in [2.75, 3.05) is 47.5 Å². The quantitative estimate of drug-likeness (QED) is 0.0159. The number of phosphoric acid groups is 1. The molecule has 0 heterocycles. The number of nitrogens with zero attached hydrogens (tertiary/aromatic N) is 1. The van der Waals surface area contributed by atoms with Crippen molar-refractivity contribution in [2.24, 2.45) is 0 Å². The van der Waals surface area contributed by atoms with Crippen LogP contribution in [0.5, 0.6) is 0 Å². The Balaban J connectivity index is 4.42. The number of ether oxygens (including phenoxy) is 2. The molecular formula is C48H88NO9P. The molecule has 0 spiro atoms. The van der Waals surface area contributed by atoms with Crippen LogP contribution in [0, 0.1) is 0 Å². The SMILES string of the molecule is CCCCCCCCCCCCCCCCCC(=O)OC[C@H](COP(=O)([O-])OCC[N+](C)(C)C)OC(=O)CCCCC/C=C\C/C=C\C/C=C\C=C\[C@@H](O)CCCCC. The average Bonchev–Trinajstić information content (AvgIpc) is 3.18. The molecule has 11 heteroatoms. The Hall–Kier alpha value is -2.07. The van der Waals surface area contributed by atoms with E-state index in [2.05, 4.69) is 44.2 Å². The van der Waals surface area contributed by atoms with Gasteiger partial charge in [-0.25, -0.2) is 0 Å². The van der Waals surface area contributed by atoms with Crippen LogP contribution in [-0.4, -0.2) is 81.2 Å². The van der Waals surface area contributed by atoms with Gasteiger partial charge in [0.25, 0.3) is 7.82 Å². The summed E-state index contributed by atoms with van der Waals surface area (Å²) >= 11 is 0. The number of aliphatic hydroxyl groups excluding tert-OH is 1. The first-order valence-corrected chi connectivity index (χ1v) is 24.9. The maximum atomic E-state index is 12.7. The van der Waals surface area contributed by atoms with Gasteiger partial charge in [-0.2, -0.15) is 0 Å². The molecule has 0 saturated carbocycles. The van der Waals surface area contributed by atoms with Crippen molar-refractivity contribution in [1.82, 2.24) is 0 Å². The van der Waals surface area contributed by atoms with Gasteiger partial charge < -0.3 is 33.0 Å². The minimum Gasteiger partial charge on any atom is -0.756 e. The lowest BCUT2D eigenvalue weighted by Crippen LogP contribution is -2.37. The normalized spacial score (nSPS) is 14.5. The summed E-state index contributed by atoms with van der Waals surface area (Å²) in [6.45, 7) is 4.06. The van der Waals surface area contributed by atoms with Crippen molar-refractivity contribution in [3.05, 3.63) is 48.6 Å². The lowest BCUT2D eigenvalue weighted by molar-refractivity contribution is -0.870.